The Bertz CT molecular complexity index is 371. The Morgan fingerprint density at radius 3 is 3.20 bits per heavy atom. The highest BCUT2D eigenvalue weighted by Gasteiger charge is 2.24. The molecule has 2 heterocycles. The van der Waals surface area contributed by atoms with Crippen molar-refractivity contribution in [3.8, 4) is 0 Å². The number of aliphatic carboxylic acids is 1. The van der Waals surface area contributed by atoms with Crippen LogP contribution >= 0.6 is 0 Å². The molecule has 0 saturated heterocycles. The standard InChI is InChI=1S/C10H13NO4/c1-6(4-9(12)13)10-7-5-14-3-2-8(7)11-15-10/h6H,2-5H2,1H3,(H,12,13). The predicted octanol–water partition coefficient (Wildman–Crippen LogP) is 1.33. The zero-order valence-electron chi connectivity index (χ0n) is 8.52. The van der Waals surface area contributed by atoms with Gasteiger partial charge in [-0.3, -0.25) is 4.79 Å². The lowest BCUT2D eigenvalue weighted by Gasteiger charge is -2.12. The smallest absolute Gasteiger partial charge is 0.304 e. The number of fused-ring (bicyclic) bond motifs is 1. The summed E-state index contributed by atoms with van der Waals surface area (Å²) in [5.74, 6) is -0.322. The van der Waals surface area contributed by atoms with E-state index in [1.807, 2.05) is 6.92 Å². The van der Waals surface area contributed by atoms with Gasteiger partial charge in [-0.05, 0) is 0 Å². The van der Waals surface area contributed by atoms with Crippen molar-refractivity contribution in [2.75, 3.05) is 6.61 Å². The van der Waals surface area contributed by atoms with Gasteiger partial charge in [0.1, 0.15) is 5.76 Å². The minimum Gasteiger partial charge on any atom is -0.481 e. The third-order valence-corrected chi connectivity index (χ3v) is 2.56. The van der Waals surface area contributed by atoms with Gasteiger partial charge in [0.05, 0.1) is 25.3 Å². The molecule has 1 aromatic heterocycles. The van der Waals surface area contributed by atoms with Crippen molar-refractivity contribution in [1.29, 1.82) is 0 Å². The largest absolute Gasteiger partial charge is 0.481 e. The molecular weight excluding hydrogens is 198 g/mol. The highest BCUT2D eigenvalue weighted by Crippen LogP contribution is 2.28. The molecule has 1 aliphatic heterocycles. The summed E-state index contributed by atoms with van der Waals surface area (Å²) in [5, 5.41) is 12.6. The Labute approximate surface area is 87.0 Å². The van der Waals surface area contributed by atoms with Crippen molar-refractivity contribution in [3.05, 3.63) is 17.0 Å². The van der Waals surface area contributed by atoms with Gasteiger partial charge in [0.2, 0.25) is 0 Å². The average Bonchev–Trinajstić information content (AvgIpc) is 2.59. The second-order valence-electron chi connectivity index (χ2n) is 3.77. The normalized spacial score (nSPS) is 17.1. The number of hydrogen-bond acceptors (Lipinski definition) is 4. The lowest BCUT2D eigenvalue weighted by Crippen LogP contribution is -2.11. The van der Waals surface area contributed by atoms with E-state index in [1.165, 1.54) is 0 Å². The highest BCUT2D eigenvalue weighted by atomic mass is 16.5. The first-order valence-electron chi connectivity index (χ1n) is 4.95. The first-order valence-corrected chi connectivity index (χ1v) is 4.95. The van der Waals surface area contributed by atoms with E-state index < -0.39 is 5.97 Å². The summed E-state index contributed by atoms with van der Waals surface area (Å²) in [6.45, 7) is 2.97. The fourth-order valence-electron chi connectivity index (χ4n) is 1.79. The van der Waals surface area contributed by atoms with Gasteiger partial charge in [0.25, 0.3) is 0 Å². The molecule has 0 amide bonds. The van der Waals surface area contributed by atoms with Gasteiger partial charge in [-0.1, -0.05) is 12.1 Å². The summed E-state index contributed by atoms with van der Waals surface area (Å²) in [7, 11) is 0. The molecule has 2 rings (SSSR count). The molecule has 15 heavy (non-hydrogen) atoms. The molecule has 82 valence electrons. The van der Waals surface area contributed by atoms with Gasteiger partial charge in [0.15, 0.2) is 0 Å². The Hall–Kier alpha value is -1.36. The van der Waals surface area contributed by atoms with Crippen molar-refractivity contribution < 1.29 is 19.2 Å². The van der Waals surface area contributed by atoms with Crippen molar-refractivity contribution >= 4 is 5.97 Å². The number of aromatic nitrogens is 1. The van der Waals surface area contributed by atoms with Crippen LogP contribution in [0.1, 0.15) is 36.3 Å². The molecule has 5 heteroatoms. The topological polar surface area (TPSA) is 72.6 Å². The fourth-order valence-corrected chi connectivity index (χ4v) is 1.79. The van der Waals surface area contributed by atoms with Gasteiger partial charge in [-0.25, -0.2) is 0 Å². The molecule has 1 aliphatic rings. The maximum atomic E-state index is 10.6. The number of rotatable bonds is 3. The number of hydrogen-bond donors (Lipinski definition) is 1. The van der Waals surface area contributed by atoms with Crippen molar-refractivity contribution in [2.45, 2.75) is 32.3 Å². The molecule has 0 spiro atoms. The summed E-state index contributed by atoms with van der Waals surface area (Å²) in [5.41, 5.74) is 1.85. The van der Waals surface area contributed by atoms with E-state index >= 15 is 0 Å². The minimum absolute atomic E-state index is 0.0572. The predicted molar refractivity (Wildman–Crippen MR) is 50.5 cm³/mol. The van der Waals surface area contributed by atoms with Crippen LogP contribution in [0.5, 0.6) is 0 Å². The molecule has 1 unspecified atom stereocenters. The number of ether oxygens (including phenoxy) is 1. The molecule has 0 aromatic carbocycles. The van der Waals surface area contributed by atoms with Crippen molar-refractivity contribution in [1.82, 2.24) is 5.16 Å². The van der Waals surface area contributed by atoms with Gasteiger partial charge in [-0.2, -0.15) is 0 Å². The number of carbonyl (C=O) groups is 1. The van der Waals surface area contributed by atoms with E-state index in [9.17, 15) is 4.79 Å². The zero-order chi connectivity index (χ0) is 10.8. The minimum atomic E-state index is -0.829. The molecule has 1 atom stereocenters. The molecule has 1 aromatic rings. The van der Waals surface area contributed by atoms with Crippen LogP contribution in [0.4, 0.5) is 0 Å². The summed E-state index contributed by atoms with van der Waals surface area (Å²) >= 11 is 0. The molecular formula is C10H13NO4. The monoisotopic (exact) mass is 211 g/mol. The highest BCUT2D eigenvalue weighted by molar-refractivity contribution is 5.67. The lowest BCUT2D eigenvalue weighted by atomic mass is 9.99. The zero-order valence-corrected chi connectivity index (χ0v) is 8.52. The summed E-state index contributed by atoms with van der Waals surface area (Å²) in [6, 6.07) is 0. The SMILES string of the molecule is CC(CC(=O)O)c1onc2c1COCC2. The van der Waals surface area contributed by atoms with Crippen LogP contribution in [0.3, 0.4) is 0 Å². The summed E-state index contributed by atoms with van der Waals surface area (Å²) in [6.07, 6.45) is 0.806. The number of nitrogens with zero attached hydrogens (tertiary/aromatic N) is 1. The second-order valence-corrected chi connectivity index (χ2v) is 3.77. The Kier molecular flexibility index (Phi) is 2.73. The van der Waals surface area contributed by atoms with E-state index in [0.717, 1.165) is 17.7 Å². The fraction of sp³-hybridized carbons (Fsp3) is 0.600. The van der Waals surface area contributed by atoms with Crippen LogP contribution in [0.25, 0.3) is 0 Å². The molecule has 1 N–H and O–H groups in total. The van der Waals surface area contributed by atoms with Crippen LogP contribution in [-0.2, 0) is 22.6 Å². The maximum absolute atomic E-state index is 10.6. The Morgan fingerprint density at radius 2 is 2.47 bits per heavy atom. The Morgan fingerprint density at radius 1 is 1.67 bits per heavy atom. The molecule has 0 fully saturated rings. The van der Waals surface area contributed by atoms with E-state index in [2.05, 4.69) is 5.16 Å². The maximum Gasteiger partial charge on any atom is 0.304 e. The van der Waals surface area contributed by atoms with Crippen LogP contribution in [0, 0.1) is 0 Å². The number of carboxylic acids is 1. The molecule has 5 nitrogen and oxygen atoms in total. The van der Waals surface area contributed by atoms with Gasteiger partial charge < -0.3 is 14.4 Å². The first kappa shape index (κ1) is 10.2. The summed E-state index contributed by atoms with van der Waals surface area (Å²) < 4.78 is 10.5. The number of carboxylic acid groups (broad SMARTS) is 1. The average molecular weight is 211 g/mol. The third-order valence-electron chi connectivity index (χ3n) is 2.56. The van der Waals surface area contributed by atoms with E-state index in [4.69, 9.17) is 14.4 Å². The molecule has 0 aliphatic carbocycles. The summed E-state index contributed by atoms with van der Waals surface area (Å²) in [4.78, 5) is 10.6. The first-order chi connectivity index (χ1) is 7.18. The van der Waals surface area contributed by atoms with E-state index in [0.29, 0.717) is 19.0 Å². The van der Waals surface area contributed by atoms with Crippen LogP contribution < -0.4 is 0 Å². The van der Waals surface area contributed by atoms with Crippen LogP contribution in [0.2, 0.25) is 0 Å². The van der Waals surface area contributed by atoms with Crippen LogP contribution in [-0.4, -0.2) is 22.8 Å². The molecule has 0 bridgehead atoms. The van der Waals surface area contributed by atoms with Gasteiger partial charge in [0, 0.05) is 17.9 Å². The lowest BCUT2D eigenvalue weighted by molar-refractivity contribution is -0.137. The Balaban J connectivity index is 2.20. The van der Waals surface area contributed by atoms with Gasteiger partial charge in [-0.15, -0.1) is 0 Å². The third kappa shape index (κ3) is 2.02. The van der Waals surface area contributed by atoms with Crippen molar-refractivity contribution in [2.24, 2.45) is 0 Å². The van der Waals surface area contributed by atoms with Crippen molar-refractivity contribution in [3.63, 3.8) is 0 Å². The second kappa shape index (κ2) is 4.02. The molecule has 0 radical (unpaired) electrons. The van der Waals surface area contributed by atoms with E-state index in [-0.39, 0.29) is 12.3 Å². The van der Waals surface area contributed by atoms with Crippen LogP contribution in [0.15, 0.2) is 4.52 Å². The quantitative estimate of drug-likeness (QED) is 0.816. The molecule has 0 saturated carbocycles. The van der Waals surface area contributed by atoms with E-state index in [1.54, 1.807) is 0 Å². The van der Waals surface area contributed by atoms with Gasteiger partial charge >= 0.3 is 5.97 Å².